The summed E-state index contributed by atoms with van der Waals surface area (Å²) in [5.74, 6) is 1.24. The number of anilines is 1. The Morgan fingerprint density at radius 2 is 1.65 bits per heavy atom. The van der Waals surface area contributed by atoms with Gasteiger partial charge >= 0.3 is 0 Å². The number of nitrogens with one attached hydrogen (secondary N) is 1. The molecule has 0 aromatic heterocycles. The predicted molar refractivity (Wildman–Crippen MR) is 135 cm³/mol. The Morgan fingerprint density at radius 1 is 1.00 bits per heavy atom. The highest BCUT2D eigenvalue weighted by Crippen LogP contribution is 2.66. The van der Waals surface area contributed by atoms with E-state index < -0.39 is 10.0 Å². The van der Waals surface area contributed by atoms with Crippen LogP contribution < -0.4 is 5.32 Å². The third-order valence-corrected chi connectivity index (χ3v) is 10.7. The normalized spacial score (nSPS) is 30.0. The number of carbonyl (C=O) groups excluding carboxylic acids is 1. The van der Waals surface area contributed by atoms with Crippen LogP contribution in [0.25, 0.3) is 0 Å². The van der Waals surface area contributed by atoms with Crippen molar-refractivity contribution in [2.45, 2.75) is 69.6 Å². The molecular formula is C28H36N2O3S. The standard InChI is InChI=1S/C28H36N2O3S/c1-4-30(5-2)34(32,33)25-8-6-7-24(14-25)29-26(31)28-17-21-13-22(18-28)16-27(15-21,19-28)23-11-9-20(3)10-12-23/h6-12,14,21-22H,4-5,13,15-19H2,1-3H3,(H,29,31)/t21-,22+,27?,28?. The van der Waals surface area contributed by atoms with Gasteiger partial charge < -0.3 is 5.32 Å². The van der Waals surface area contributed by atoms with E-state index in [2.05, 4.69) is 36.5 Å². The molecule has 2 unspecified atom stereocenters. The number of carbonyl (C=O) groups is 1. The minimum Gasteiger partial charge on any atom is -0.326 e. The second-order valence-electron chi connectivity index (χ2n) is 11.0. The zero-order valence-electron chi connectivity index (χ0n) is 20.5. The molecule has 0 heterocycles. The molecule has 6 rings (SSSR count). The summed E-state index contributed by atoms with van der Waals surface area (Å²) in [6.07, 6.45) is 6.37. The van der Waals surface area contributed by atoms with Crippen LogP contribution in [0, 0.1) is 24.2 Å². The van der Waals surface area contributed by atoms with Gasteiger partial charge in [-0.1, -0.05) is 49.7 Å². The van der Waals surface area contributed by atoms with Crippen molar-refractivity contribution in [3.8, 4) is 0 Å². The molecular weight excluding hydrogens is 444 g/mol. The number of amides is 1. The van der Waals surface area contributed by atoms with E-state index in [9.17, 15) is 13.2 Å². The third-order valence-electron chi connectivity index (χ3n) is 8.64. The van der Waals surface area contributed by atoms with E-state index in [0.29, 0.717) is 30.6 Å². The van der Waals surface area contributed by atoms with Gasteiger partial charge in [-0.25, -0.2) is 8.42 Å². The zero-order chi connectivity index (χ0) is 24.1. The number of benzene rings is 2. The van der Waals surface area contributed by atoms with Gasteiger partial charge in [-0.05, 0) is 86.5 Å². The molecule has 2 aromatic carbocycles. The van der Waals surface area contributed by atoms with Gasteiger partial charge in [0.25, 0.3) is 0 Å². The SMILES string of the molecule is CCN(CC)S(=O)(=O)c1cccc(NC(=O)C23C[C@H]4C[C@@H](C2)CC(c2ccc(C)cc2)(C4)C3)c1. The summed E-state index contributed by atoms with van der Waals surface area (Å²) in [6, 6.07) is 15.7. The quantitative estimate of drug-likeness (QED) is 0.569. The molecule has 6 heteroatoms. The summed E-state index contributed by atoms with van der Waals surface area (Å²) in [6.45, 7) is 6.63. The summed E-state index contributed by atoms with van der Waals surface area (Å²) in [5.41, 5.74) is 2.93. The molecule has 4 fully saturated rings. The molecule has 4 bridgehead atoms. The Hall–Kier alpha value is -2.18. The number of hydrogen-bond donors (Lipinski definition) is 1. The average molecular weight is 481 g/mol. The number of nitrogens with zero attached hydrogens (tertiary/aromatic N) is 1. The topological polar surface area (TPSA) is 66.5 Å². The lowest BCUT2D eigenvalue weighted by molar-refractivity contribution is -0.143. The number of rotatable bonds is 7. The van der Waals surface area contributed by atoms with Crippen molar-refractivity contribution in [3.63, 3.8) is 0 Å². The molecule has 0 aliphatic heterocycles. The smallest absolute Gasteiger partial charge is 0.243 e. The summed E-state index contributed by atoms with van der Waals surface area (Å²) in [5, 5.41) is 3.14. The van der Waals surface area contributed by atoms with E-state index in [1.165, 1.54) is 34.7 Å². The first kappa shape index (κ1) is 23.6. The van der Waals surface area contributed by atoms with Crippen molar-refractivity contribution in [3.05, 3.63) is 59.7 Å². The highest BCUT2D eigenvalue weighted by Gasteiger charge is 2.60. The van der Waals surface area contributed by atoms with Crippen molar-refractivity contribution in [1.82, 2.24) is 4.31 Å². The summed E-state index contributed by atoms with van der Waals surface area (Å²) in [4.78, 5) is 14.1. The molecule has 4 atom stereocenters. The van der Waals surface area contributed by atoms with E-state index in [-0.39, 0.29) is 21.6 Å². The van der Waals surface area contributed by atoms with Crippen molar-refractivity contribution >= 4 is 21.6 Å². The largest absolute Gasteiger partial charge is 0.326 e. The Labute approximate surface area is 204 Å². The fourth-order valence-electron chi connectivity index (χ4n) is 7.48. The maximum absolute atomic E-state index is 13.8. The van der Waals surface area contributed by atoms with Crippen molar-refractivity contribution < 1.29 is 13.2 Å². The minimum absolute atomic E-state index is 0.0653. The molecule has 0 radical (unpaired) electrons. The van der Waals surface area contributed by atoms with Crippen molar-refractivity contribution in [2.75, 3.05) is 18.4 Å². The predicted octanol–water partition coefficient (Wildman–Crippen LogP) is 5.50. The summed E-state index contributed by atoms with van der Waals surface area (Å²) >= 11 is 0. The first-order valence-corrected chi connectivity index (χ1v) is 14.1. The molecule has 34 heavy (non-hydrogen) atoms. The van der Waals surface area contributed by atoms with Gasteiger partial charge in [0.15, 0.2) is 0 Å². The molecule has 4 saturated carbocycles. The van der Waals surface area contributed by atoms with Crippen LogP contribution in [0.4, 0.5) is 5.69 Å². The van der Waals surface area contributed by atoms with Gasteiger partial charge in [0.05, 0.1) is 10.3 Å². The maximum Gasteiger partial charge on any atom is 0.243 e. The van der Waals surface area contributed by atoms with Gasteiger partial charge in [0.2, 0.25) is 15.9 Å². The van der Waals surface area contributed by atoms with Crippen LogP contribution in [0.2, 0.25) is 0 Å². The van der Waals surface area contributed by atoms with E-state index in [1.807, 2.05) is 13.8 Å². The first-order chi connectivity index (χ1) is 16.2. The first-order valence-electron chi connectivity index (χ1n) is 12.7. The van der Waals surface area contributed by atoms with Crippen LogP contribution in [-0.4, -0.2) is 31.7 Å². The molecule has 0 spiro atoms. The molecule has 5 nitrogen and oxygen atoms in total. The van der Waals surface area contributed by atoms with Crippen LogP contribution in [0.5, 0.6) is 0 Å². The van der Waals surface area contributed by atoms with Crippen LogP contribution in [0.1, 0.15) is 63.5 Å². The van der Waals surface area contributed by atoms with Crippen molar-refractivity contribution in [2.24, 2.45) is 17.3 Å². The molecule has 1 amide bonds. The van der Waals surface area contributed by atoms with Gasteiger partial charge in [-0.2, -0.15) is 4.31 Å². The molecule has 0 saturated heterocycles. The average Bonchev–Trinajstić information content (AvgIpc) is 2.79. The zero-order valence-corrected chi connectivity index (χ0v) is 21.3. The fraction of sp³-hybridized carbons (Fsp3) is 0.536. The van der Waals surface area contributed by atoms with E-state index in [0.717, 1.165) is 19.3 Å². The fourth-order valence-corrected chi connectivity index (χ4v) is 8.99. The van der Waals surface area contributed by atoms with Crippen LogP contribution in [0.15, 0.2) is 53.4 Å². The second-order valence-corrected chi connectivity index (χ2v) is 12.9. The van der Waals surface area contributed by atoms with Gasteiger partial charge in [0, 0.05) is 18.8 Å². The highest BCUT2D eigenvalue weighted by atomic mass is 32.2. The Bertz CT molecular complexity index is 1170. The molecule has 182 valence electrons. The second kappa shape index (κ2) is 8.49. The molecule has 1 N–H and O–H groups in total. The monoisotopic (exact) mass is 480 g/mol. The van der Waals surface area contributed by atoms with E-state index in [4.69, 9.17) is 0 Å². The number of sulfonamides is 1. The van der Waals surface area contributed by atoms with Gasteiger partial charge in [0.1, 0.15) is 0 Å². The van der Waals surface area contributed by atoms with Crippen molar-refractivity contribution in [1.29, 1.82) is 0 Å². The van der Waals surface area contributed by atoms with E-state index in [1.54, 1.807) is 24.3 Å². The number of hydrogen-bond acceptors (Lipinski definition) is 3. The molecule has 4 aliphatic rings. The highest BCUT2D eigenvalue weighted by molar-refractivity contribution is 7.89. The van der Waals surface area contributed by atoms with Gasteiger partial charge in [-0.3, -0.25) is 4.79 Å². The maximum atomic E-state index is 13.8. The lowest BCUT2D eigenvalue weighted by atomic mass is 9.42. The number of aryl methyl sites for hydroxylation is 1. The lowest BCUT2D eigenvalue weighted by Gasteiger charge is -2.61. The summed E-state index contributed by atoms with van der Waals surface area (Å²) in [7, 11) is -3.57. The van der Waals surface area contributed by atoms with Crippen LogP contribution >= 0.6 is 0 Å². The Morgan fingerprint density at radius 3 is 2.26 bits per heavy atom. The lowest BCUT2D eigenvalue weighted by Crippen LogP contribution is -2.58. The Kier molecular flexibility index (Phi) is 5.88. The van der Waals surface area contributed by atoms with Gasteiger partial charge in [-0.15, -0.1) is 0 Å². The Balaban J connectivity index is 1.42. The van der Waals surface area contributed by atoms with E-state index >= 15 is 0 Å². The molecule has 4 aliphatic carbocycles. The molecule has 2 aromatic rings. The minimum atomic E-state index is -3.57. The van der Waals surface area contributed by atoms with Crippen LogP contribution in [0.3, 0.4) is 0 Å². The third kappa shape index (κ3) is 3.89. The summed E-state index contributed by atoms with van der Waals surface area (Å²) < 4.78 is 27.4. The van der Waals surface area contributed by atoms with Crippen LogP contribution in [-0.2, 0) is 20.2 Å².